The van der Waals surface area contributed by atoms with E-state index < -0.39 is 11.7 Å². The van der Waals surface area contributed by atoms with Crippen LogP contribution < -0.4 is 0 Å². The van der Waals surface area contributed by atoms with Crippen molar-refractivity contribution in [3.8, 4) is 0 Å². The molecule has 0 radical (unpaired) electrons. The molecular weight excluding hydrogens is 179 g/mol. The zero-order valence-electron chi connectivity index (χ0n) is 6.55. The molecule has 2 aromatic rings. The van der Waals surface area contributed by atoms with Gasteiger partial charge in [0.1, 0.15) is 0 Å². The minimum absolute atomic E-state index is 0.551. The van der Waals surface area contributed by atoms with Crippen molar-refractivity contribution in [2.24, 2.45) is 0 Å². The van der Waals surface area contributed by atoms with Gasteiger partial charge in [0.2, 0.25) is 0 Å². The van der Waals surface area contributed by atoms with Gasteiger partial charge >= 0.3 is 6.18 Å². The summed E-state index contributed by atoms with van der Waals surface area (Å²) < 4.78 is 38.1. The Morgan fingerprint density at radius 3 is 2.54 bits per heavy atom. The van der Waals surface area contributed by atoms with Gasteiger partial charge in [-0.25, -0.2) is 0 Å². The van der Waals surface area contributed by atoms with Crippen LogP contribution in [0, 0.1) is 0 Å². The predicted octanol–water partition coefficient (Wildman–Crippen LogP) is 2.96. The number of alkyl halides is 3. The van der Waals surface area contributed by atoms with Crippen LogP contribution in [0.25, 0.3) is 5.52 Å². The summed E-state index contributed by atoms with van der Waals surface area (Å²) in [6.45, 7) is 0. The summed E-state index contributed by atoms with van der Waals surface area (Å²) in [6, 6.07) is 6.15. The summed E-state index contributed by atoms with van der Waals surface area (Å²) in [5, 5.41) is 0. The number of nitrogens with zero attached hydrogens (tertiary/aromatic N) is 1. The van der Waals surface area contributed by atoms with E-state index in [1.807, 2.05) is 0 Å². The van der Waals surface area contributed by atoms with E-state index in [9.17, 15) is 13.2 Å². The van der Waals surface area contributed by atoms with Crippen LogP contribution in [-0.4, -0.2) is 4.40 Å². The van der Waals surface area contributed by atoms with Crippen LogP contribution in [0.15, 0.2) is 36.7 Å². The number of halogens is 3. The molecule has 0 aliphatic rings. The molecule has 2 rings (SSSR count). The Morgan fingerprint density at radius 2 is 1.92 bits per heavy atom. The van der Waals surface area contributed by atoms with Crippen LogP contribution in [0.5, 0.6) is 0 Å². The molecular formula is C9H6F3N. The van der Waals surface area contributed by atoms with Crippen LogP contribution >= 0.6 is 0 Å². The lowest BCUT2D eigenvalue weighted by atomic mass is 10.3. The zero-order valence-corrected chi connectivity index (χ0v) is 6.55. The third kappa shape index (κ3) is 1.39. The van der Waals surface area contributed by atoms with Gasteiger partial charge in [0.25, 0.3) is 0 Å². The van der Waals surface area contributed by atoms with E-state index in [4.69, 9.17) is 0 Å². The maximum absolute atomic E-state index is 12.2. The highest BCUT2D eigenvalue weighted by Gasteiger charge is 2.31. The van der Waals surface area contributed by atoms with Gasteiger partial charge in [-0.15, -0.1) is 0 Å². The van der Waals surface area contributed by atoms with E-state index in [2.05, 4.69) is 0 Å². The Labute approximate surface area is 72.4 Å². The van der Waals surface area contributed by atoms with Crippen molar-refractivity contribution >= 4 is 5.52 Å². The largest absolute Gasteiger partial charge is 0.417 e. The number of pyridine rings is 1. The summed E-state index contributed by atoms with van der Waals surface area (Å²) in [7, 11) is 0. The molecule has 0 saturated heterocycles. The first-order valence-electron chi connectivity index (χ1n) is 3.71. The highest BCUT2D eigenvalue weighted by Crippen LogP contribution is 2.30. The molecule has 0 spiro atoms. The van der Waals surface area contributed by atoms with E-state index in [0.717, 1.165) is 12.3 Å². The number of rotatable bonds is 0. The second-order valence-electron chi connectivity index (χ2n) is 2.76. The molecule has 0 aliphatic carbocycles. The van der Waals surface area contributed by atoms with Crippen LogP contribution in [0.1, 0.15) is 5.56 Å². The molecule has 1 nitrogen and oxygen atoms in total. The smallest absolute Gasteiger partial charge is 0.323 e. The lowest BCUT2D eigenvalue weighted by Gasteiger charge is -2.00. The molecule has 2 aromatic heterocycles. The van der Waals surface area contributed by atoms with Crippen molar-refractivity contribution in [1.29, 1.82) is 0 Å². The van der Waals surface area contributed by atoms with E-state index in [-0.39, 0.29) is 0 Å². The molecule has 0 aromatic carbocycles. The molecule has 68 valence electrons. The van der Waals surface area contributed by atoms with Gasteiger partial charge in [0, 0.05) is 17.9 Å². The molecule has 0 unspecified atom stereocenters. The Hall–Kier alpha value is -1.45. The molecule has 0 bridgehead atoms. The second kappa shape index (κ2) is 2.52. The maximum atomic E-state index is 12.2. The van der Waals surface area contributed by atoms with E-state index in [1.54, 1.807) is 24.4 Å². The summed E-state index contributed by atoms with van der Waals surface area (Å²) in [6.07, 6.45) is -1.59. The molecule has 13 heavy (non-hydrogen) atoms. The number of hydrogen-bond acceptors (Lipinski definition) is 0. The zero-order chi connectivity index (χ0) is 9.47. The third-order valence-corrected chi connectivity index (χ3v) is 1.83. The Balaban J connectivity index is 2.63. The van der Waals surface area contributed by atoms with Crippen LogP contribution in [0.2, 0.25) is 0 Å². The van der Waals surface area contributed by atoms with Crippen molar-refractivity contribution in [3.05, 3.63) is 42.2 Å². The molecule has 0 atom stereocenters. The molecule has 0 saturated carbocycles. The summed E-state index contributed by atoms with van der Waals surface area (Å²) in [5.74, 6) is 0. The fourth-order valence-electron chi connectivity index (χ4n) is 1.21. The van der Waals surface area contributed by atoms with Gasteiger partial charge in [-0.2, -0.15) is 13.2 Å². The normalized spacial score (nSPS) is 12.2. The summed E-state index contributed by atoms with van der Waals surface area (Å²) >= 11 is 0. The molecule has 2 heterocycles. The average Bonchev–Trinajstić information content (AvgIpc) is 2.45. The minimum atomic E-state index is -4.26. The Bertz CT molecular complexity index is 395. The molecule has 0 aliphatic heterocycles. The summed E-state index contributed by atoms with van der Waals surface area (Å²) in [4.78, 5) is 0. The van der Waals surface area contributed by atoms with Gasteiger partial charge in [0.15, 0.2) is 0 Å². The minimum Gasteiger partial charge on any atom is -0.323 e. The van der Waals surface area contributed by atoms with Gasteiger partial charge in [-0.05, 0) is 18.2 Å². The van der Waals surface area contributed by atoms with Crippen molar-refractivity contribution in [2.75, 3.05) is 0 Å². The number of hydrogen-bond donors (Lipinski definition) is 0. The fourth-order valence-corrected chi connectivity index (χ4v) is 1.21. The Kier molecular flexibility index (Phi) is 1.58. The van der Waals surface area contributed by atoms with Gasteiger partial charge < -0.3 is 4.40 Å². The lowest BCUT2D eigenvalue weighted by molar-refractivity contribution is -0.137. The van der Waals surface area contributed by atoms with Crippen molar-refractivity contribution in [3.63, 3.8) is 0 Å². The van der Waals surface area contributed by atoms with Gasteiger partial charge in [0.05, 0.1) is 5.56 Å². The van der Waals surface area contributed by atoms with E-state index in [0.29, 0.717) is 5.52 Å². The molecule has 0 fully saturated rings. The van der Waals surface area contributed by atoms with E-state index >= 15 is 0 Å². The Morgan fingerprint density at radius 1 is 1.15 bits per heavy atom. The topological polar surface area (TPSA) is 4.41 Å². The molecule has 4 heteroatoms. The maximum Gasteiger partial charge on any atom is 0.417 e. The second-order valence-corrected chi connectivity index (χ2v) is 2.76. The molecule has 0 amide bonds. The number of aromatic nitrogens is 1. The van der Waals surface area contributed by atoms with Gasteiger partial charge in [-0.1, -0.05) is 6.07 Å². The fraction of sp³-hybridized carbons (Fsp3) is 0.111. The highest BCUT2D eigenvalue weighted by molar-refractivity contribution is 5.50. The SMILES string of the molecule is FC(F)(F)c1cc2ccccn2c1. The monoisotopic (exact) mass is 185 g/mol. The average molecular weight is 185 g/mol. The predicted molar refractivity (Wildman–Crippen MR) is 42.4 cm³/mol. The van der Waals surface area contributed by atoms with Crippen molar-refractivity contribution in [2.45, 2.75) is 6.18 Å². The lowest BCUT2D eigenvalue weighted by Crippen LogP contribution is -2.02. The first-order chi connectivity index (χ1) is 6.07. The van der Waals surface area contributed by atoms with Crippen molar-refractivity contribution < 1.29 is 13.2 Å². The first-order valence-corrected chi connectivity index (χ1v) is 3.71. The standard InChI is InChI=1S/C9H6F3N/c10-9(11,12)7-5-8-3-1-2-4-13(8)6-7/h1-6H. The number of fused-ring (bicyclic) bond motifs is 1. The third-order valence-electron chi connectivity index (χ3n) is 1.83. The molecule has 0 N–H and O–H groups in total. The summed E-state index contributed by atoms with van der Waals surface area (Å²) in [5.41, 5.74) is -0.0616. The van der Waals surface area contributed by atoms with Gasteiger partial charge in [-0.3, -0.25) is 0 Å². The quantitative estimate of drug-likeness (QED) is 0.594. The highest BCUT2D eigenvalue weighted by atomic mass is 19.4. The van der Waals surface area contributed by atoms with E-state index in [1.165, 1.54) is 4.40 Å². The van der Waals surface area contributed by atoms with Crippen molar-refractivity contribution in [1.82, 2.24) is 4.40 Å². The van der Waals surface area contributed by atoms with Crippen LogP contribution in [0.4, 0.5) is 13.2 Å². The van der Waals surface area contributed by atoms with Crippen LogP contribution in [0.3, 0.4) is 0 Å². The van der Waals surface area contributed by atoms with Crippen LogP contribution in [-0.2, 0) is 6.18 Å². The first kappa shape index (κ1) is 8.16.